The molecule has 0 spiro atoms. The normalized spacial score (nSPS) is 17.8. The number of hydrogen-bond donors (Lipinski definition) is 0. The molecule has 0 bridgehead atoms. The average molecular weight is 341 g/mol. The second-order valence-corrected chi connectivity index (χ2v) is 7.36. The van der Waals surface area contributed by atoms with Crippen LogP contribution in [0.25, 0.3) is 11.3 Å². The molecule has 0 saturated carbocycles. The number of nitrogens with zero attached hydrogens (tertiary/aromatic N) is 3. The van der Waals surface area contributed by atoms with Crippen LogP contribution in [-0.2, 0) is 4.79 Å². The number of benzene rings is 1. The zero-order valence-electron chi connectivity index (χ0n) is 14.2. The highest BCUT2D eigenvalue weighted by Gasteiger charge is 2.21. The number of rotatable bonds is 4. The van der Waals surface area contributed by atoms with Gasteiger partial charge in [-0.15, -0.1) is 0 Å². The number of aromatic nitrogens is 2. The van der Waals surface area contributed by atoms with Crippen LogP contribution in [0.15, 0.2) is 41.6 Å². The molecule has 2 aromatic rings. The van der Waals surface area contributed by atoms with Gasteiger partial charge in [-0.3, -0.25) is 4.79 Å². The van der Waals surface area contributed by atoms with Gasteiger partial charge in [0.1, 0.15) is 0 Å². The number of likely N-dealkylation sites (tertiary alicyclic amines) is 1. The van der Waals surface area contributed by atoms with Crippen LogP contribution in [0.5, 0.6) is 0 Å². The van der Waals surface area contributed by atoms with Crippen molar-refractivity contribution in [2.75, 3.05) is 18.8 Å². The molecular formula is C19H23N3OS. The molecule has 24 heavy (non-hydrogen) atoms. The van der Waals surface area contributed by atoms with Gasteiger partial charge in [-0.1, -0.05) is 49.0 Å². The number of carbonyl (C=O) groups is 1. The summed E-state index contributed by atoms with van der Waals surface area (Å²) in [5.41, 5.74) is 2.90. The first-order valence-electron chi connectivity index (χ1n) is 8.43. The summed E-state index contributed by atoms with van der Waals surface area (Å²) in [6.45, 7) is 5.94. The molecule has 2 heterocycles. The lowest BCUT2D eigenvalue weighted by atomic mass is 10.0. The first-order chi connectivity index (χ1) is 11.6. The monoisotopic (exact) mass is 341 g/mol. The van der Waals surface area contributed by atoms with Crippen molar-refractivity contribution in [3.63, 3.8) is 0 Å². The van der Waals surface area contributed by atoms with Crippen LogP contribution < -0.4 is 0 Å². The molecule has 3 rings (SSSR count). The third kappa shape index (κ3) is 4.35. The smallest absolute Gasteiger partial charge is 0.233 e. The van der Waals surface area contributed by atoms with Gasteiger partial charge >= 0.3 is 0 Å². The molecule has 4 nitrogen and oxygen atoms in total. The number of amides is 1. The van der Waals surface area contributed by atoms with Crippen molar-refractivity contribution in [2.24, 2.45) is 5.92 Å². The second kappa shape index (κ2) is 7.79. The lowest BCUT2D eigenvalue weighted by Gasteiger charge is -2.30. The Hall–Kier alpha value is -1.88. The van der Waals surface area contributed by atoms with Crippen molar-refractivity contribution in [3.8, 4) is 11.3 Å². The lowest BCUT2D eigenvalue weighted by Crippen LogP contribution is -2.40. The van der Waals surface area contributed by atoms with Crippen LogP contribution in [0.1, 0.15) is 25.5 Å². The summed E-state index contributed by atoms with van der Waals surface area (Å²) in [6.07, 6.45) is 2.33. The van der Waals surface area contributed by atoms with Gasteiger partial charge in [0, 0.05) is 24.3 Å². The maximum absolute atomic E-state index is 12.4. The summed E-state index contributed by atoms with van der Waals surface area (Å²) in [4.78, 5) is 23.5. The minimum absolute atomic E-state index is 0.193. The number of hydrogen-bond acceptors (Lipinski definition) is 4. The van der Waals surface area contributed by atoms with E-state index in [4.69, 9.17) is 0 Å². The zero-order valence-corrected chi connectivity index (χ0v) is 15.1. The molecule has 1 saturated heterocycles. The molecule has 1 amide bonds. The molecule has 0 aliphatic carbocycles. The summed E-state index contributed by atoms with van der Waals surface area (Å²) in [6, 6.07) is 12.0. The number of thioether (sulfide) groups is 1. The predicted octanol–water partition coefficient (Wildman–Crippen LogP) is 3.80. The van der Waals surface area contributed by atoms with Crippen LogP contribution in [0.4, 0.5) is 0 Å². The molecule has 1 aromatic heterocycles. The van der Waals surface area contributed by atoms with Gasteiger partial charge in [-0.25, -0.2) is 9.97 Å². The van der Waals surface area contributed by atoms with Crippen LogP contribution in [0.3, 0.4) is 0 Å². The molecule has 0 radical (unpaired) electrons. The Bertz CT molecular complexity index is 705. The maximum atomic E-state index is 12.4. The van der Waals surface area contributed by atoms with Crippen LogP contribution >= 0.6 is 11.8 Å². The quantitative estimate of drug-likeness (QED) is 0.627. The van der Waals surface area contributed by atoms with Crippen molar-refractivity contribution in [1.82, 2.24) is 14.9 Å². The van der Waals surface area contributed by atoms with E-state index < -0.39 is 0 Å². The van der Waals surface area contributed by atoms with E-state index in [2.05, 4.69) is 16.9 Å². The third-order valence-corrected chi connectivity index (χ3v) is 5.07. The van der Waals surface area contributed by atoms with Crippen LogP contribution in [0.2, 0.25) is 0 Å². The van der Waals surface area contributed by atoms with E-state index in [0.29, 0.717) is 16.8 Å². The van der Waals surface area contributed by atoms with Gasteiger partial charge in [0.2, 0.25) is 5.91 Å². The van der Waals surface area contributed by atoms with Gasteiger partial charge in [0.15, 0.2) is 5.16 Å². The Balaban J connectivity index is 1.67. The fraction of sp³-hybridized carbons (Fsp3) is 0.421. The number of aryl methyl sites for hydroxylation is 1. The minimum Gasteiger partial charge on any atom is -0.342 e. The summed E-state index contributed by atoms with van der Waals surface area (Å²) in [5, 5.41) is 0.673. The summed E-state index contributed by atoms with van der Waals surface area (Å²) in [7, 11) is 0. The van der Waals surface area contributed by atoms with Crippen LogP contribution in [-0.4, -0.2) is 39.6 Å². The Morgan fingerprint density at radius 2 is 2.08 bits per heavy atom. The predicted molar refractivity (Wildman–Crippen MR) is 97.9 cm³/mol. The first kappa shape index (κ1) is 17.0. The molecule has 1 atom stereocenters. The van der Waals surface area contributed by atoms with E-state index in [1.807, 2.05) is 48.2 Å². The van der Waals surface area contributed by atoms with Crippen molar-refractivity contribution >= 4 is 17.7 Å². The molecule has 1 aliphatic rings. The van der Waals surface area contributed by atoms with E-state index in [9.17, 15) is 4.79 Å². The molecule has 0 N–H and O–H groups in total. The van der Waals surface area contributed by atoms with E-state index in [1.165, 1.54) is 18.2 Å². The van der Waals surface area contributed by atoms with Crippen LogP contribution in [0, 0.1) is 12.8 Å². The largest absolute Gasteiger partial charge is 0.342 e. The second-order valence-electron chi connectivity index (χ2n) is 6.42. The summed E-state index contributed by atoms with van der Waals surface area (Å²) >= 11 is 1.43. The Labute approximate surface area is 147 Å². The SMILES string of the molecule is Cc1cc(-c2ccccc2)nc(SCC(=O)N2CCC[C@H](C)C2)n1. The van der Waals surface area contributed by atoms with Crippen molar-refractivity contribution < 1.29 is 4.79 Å². The highest BCUT2D eigenvalue weighted by atomic mass is 32.2. The maximum Gasteiger partial charge on any atom is 0.233 e. The number of piperidine rings is 1. The number of carbonyl (C=O) groups excluding carboxylic acids is 1. The highest BCUT2D eigenvalue weighted by molar-refractivity contribution is 7.99. The fourth-order valence-corrected chi connectivity index (χ4v) is 3.80. The van der Waals surface area contributed by atoms with Crippen molar-refractivity contribution in [3.05, 3.63) is 42.1 Å². The van der Waals surface area contributed by atoms with Gasteiger partial charge in [0.25, 0.3) is 0 Å². The van der Waals surface area contributed by atoms with E-state index in [1.54, 1.807) is 0 Å². The standard InChI is InChI=1S/C19H23N3OS/c1-14-7-6-10-22(12-14)18(23)13-24-19-20-15(2)11-17(21-19)16-8-4-3-5-9-16/h3-5,8-9,11,14H,6-7,10,12-13H2,1-2H3/t14-/m0/s1. The van der Waals surface area contributed by atoms with E-state index >= 15 is 0 Å². The zero-order chi connectivity index (χ0) is 16.9. The molecule has 0 unspecified atom stereocenters. The Morgan fingerprint density at radius 3 is 2.83 bits per heavy atom. The minimum atomic E-state index is 0.193. The summed E-state index contributed by atoms with van der Waals surface area (Å²) < 4.78 is 0. The Kier molecular flexibility index (Phi) is 5.51. The molecule has 1 aliphatic heterocycles. The third-order valence-electron chi connectivity index (χ3n) is 4.24. The van der Waals surface area contributed by atoms with E-state index in [-0.39, 0.29) is 5.91 Å². The molecule has 1 fully saturated rings. The van der Waals surface area contributed by atoms with Gasteiger partial charge < -0.3 is 4.90 Å². The topological polar surface area (TPSA) is 46.1 Å². The van der Waals surface area contributed by atoms with Gasteiger partial charge in [-0.2, -0.15) is 0 Å². The molecule has 5 heteroatoms. The summed E-state index contributed by atoms with van der Waals surface area (Å²) in [5.74, 6) is 1.20. The molecule has 1 aromatic carbocycles. The first-order valence-corrected chi connectivity index (χ1v) is 9.42. The highest BCUT2D eigenvalue weighted by Crippen LogP contribution is 2.23. The lowest BCUT2D eigenvalue weighted by molar-refractivity contribution is -0.130. The Morgan fingerprint density at radius 1 is 1.29 bits per heavy atom. The molecular weight excluding hydrogens is 318 g/mol. The van der Waals surface area contributed by atoms with Gasteiger partial charge in [0.05, 0.1) is 11.4 Å². The van der Waals surface area contributed by atoms with E-state index in [0.717, 1.165) is 36.5 Å². The van der Waals surface area contributed by atoms with Crippen molar-refractivity contribution in [1.29, 1.82) is 0 Å². The fourth-order valence-electron chi connectivity index (χ4n) is 3.00. The van der Waals surface area contributed by atoms with Crippen molar-refractivity contribution in [2.45, 2.75) is 31.8 Å². The van der Waals surface area contributed by atoms with Gasteiger partial charge in [-0.05, 0) is 31.7 Å². The molecule has 126 valence electrons. The average Bonchev–Trinajstić information content (AvgIpc) is 2.60.